The highest BCUT2D eigenvalue weighted by molar-refractivity contribution is 6.06. The molecule has 2 unspecified atom stereocenters. The fourth-order valence-corrected chi connectivity index (χ4v) is 5.73. The van der Waals surface area contributed by atoms with Crippen molar-refractivity contribution < 1.29 is 4.79 Å². The van der Waals surface area contributed by atoms with Crippen molar-refractivity contribution in [3.05, 3.63) is 71.4 Å². The second-order valence-electron chi connectivity index (χ2n) is 10.3. The van der Waals surface area contributed by atoms with Crippen LogP contribution < -0.4 is 10.6 Å². The third kappa shape index (κ3) is 4.06. The lowest BCUT2D eigenvalue weighted by molar-refractivity contribution is -0.120. The molecule has 176 valence electrons. The lowest BCUT2D eigenvalue weighted by atomic mass is 9.79. The van der Waals surface area contributed by atoms with Gasteiger partial charge in [-0.05, 0) is 69.0 Å². The maximum Gasteiger partial charge on any atom is 0.237 e. The van der Waals surface area contributed by atoms with Gasteiger partial charge in [-0.1, -0.05) is 42.9 Å². The van der Waals surface area contributed by atoms with E-state index >= 15 is 0 Å². The largest absolute Gasteiger partial charge is 0.310 e. The number of amides is 1. The predicted octanol–water partition coefficient (Wildman–Crippen LogP) is 3.83. The first-order valence-electron chi connectivity index (χ1n) is 12.4. The predicted molar refractivity (Wildman–Crippen MR) is 137 cm³/mol. The second-order valence-corrected chi connectivity index (χ2v) is 10.3. The normalized spacial score (nSPS) is 22.7. The molecule has 1 aromatic heterocycles. The van der Waals surface area contributed by atoms with Gasteiger partial charge in [-0.2, -0.15) is 0 Å². The standard InChI is InChI=1S/C29H34N4O/c1-4-28(13-5-6-14-28)31-20-21(2)33(3)16-8-9-22-11-12-23-18-29(19-24(23)17-22)25-10-7-15-30-26(25)32-27(29)34/h4,7,10-12,15,17,21,31H,1,5-6,13-14,16,18-20H2,2-3H3,(H,30,32,34). The van der Waals surface area contributed by atoms with Crippen LogP contribution in [0.2, 0.25) is 0 Å². The molecular weight excluding hydrogens is 420 g/mol. The lowest BCUT2D eigenvalue weighted by Gasteiger charge is -2.31. The summed E-state index contributed by atoms with van der Waals surface area (Å²) < 4.78 is 0. The van der Waals surface area contributed by atoms with Gasteiger partial charge >= 0.3 is 0 Å². The van der Waals surface area contributed by atoms with Crippen LogP contribution in [0.3, 0.4) is 0 Å². The van der Waals surface area contributed by atoms with Gasteiger partial charge in [-0.3, -0.25) is 9.69 Å². The van der Waals surface area contributed by atoms with Crippen LogP contribution in [0.15, 0.2) is 49.2 Å². The molecule has 2 aromatic rings. The minimum atomic E-state index is -0.525. The van der Waals surface area contributed by atoms with Crippen LogP contribution in [0.25, 0.3) is 0 Å². The molecule has 0 saturated heterocycles. The summed E-state index contributed by atoms with van der Waals surface area (Å²) in [4.78, 5) is 19.5. The van der Waals surface area contributed by atoms with Crippen molar-refractivity contribution >= 4 is 11.7 Å². The van der Waals surface area contributed by atoms with Crippen molar-refractivity contribution in [2.45, 2.75) is 62.4 Å². The summed E-state index contributed by atoms with van der Waals surface area (Å²) in [5.74, 6) is 7.46. The number of nitrogens with zero attached hydrogens (tertiary/aromatic N) is 2. The van der Waals surface area contributed by atoms with Gasteiger partial charge in [0.1, 0.15) is 5.82 Å². The summed E-state index contributed by atoms with van der Waals surface area (Å²) in [6.45, 7) is 7.95. The van der Waals surface area contributed by atoms with Gasteiger partial charge in [0.05, 0.1) is 12.0 Å². The Balaban J connectivity index is 1.21. The van der Waals surface area contributed by atoms with E-state index in [1.807, 2.05) is 12.1 Å². The van der Waals surface area contributed by atoms with Crippen molar-refractivity contribution in [1.29, 1.82) is 0 Å². The smallest absolute Gasteiger partial charge is 0.237 e. The van der Waals surface area contributed by atoms with Crippen molar-refractivity contribution in [3.8, 4) is 11.8 Å². The van der Waals surface area contributed by atoms with Gasteiger partial charge in [0.15, 0.2) is 0 Å². The second kappa shape index (κ2) is 9.02. The molecule has 2 aliphatic carbocycles. The number of anilines is 1. The Bertz CT molecular complexity index is 1170. The molecule has 0 bridgehead atoms. The number of benzene rings is 1. The maximum atomic E-state index is 12.9. The molecule has 3 aliphatic rings. The molecule has 2 heterocycles. The number of hydrogen-bond acceptors (Lipinski definition) is 4. The molecule has 1 spiro atoms. The summed E-state index contributed by atoms with van der Waals surface area (Å²) in [7, 11) is 2.13. The number of fused-ring (bicyclic) bond motifs is 3. The average Bonchev–Trinajstić information content (AvgIpc) is 3.54. The third-order valence-electron chi connectivity index (χ3n) is 8.13. The zero-order valence-corrected chi connectivity index (χ0v) is 20.3. The van der Waals surface area contributed by atoms with E-state index in [1.165, 1.54) is 36.8 Å². The quantitative estimate of drug-likeness (QED) is 0.515. The van der Waals surface area contributed by atoms with Crippen molar-refractivity contribution in [2.24, 2.45) is 0 Å². The van der Waals surface area contributed by atoms with E-state index < -0.39 is 5.41 Å². The Labute approximate surface area is 203 Å². The number of nitrogens with one attached hydrogen (secondary N) is 2. The number of hydrogen-bond donors (Lipinski definition) is 2. The van der Waals surface area contributed by atoms with E-state index in [4.69, 9.17) is 0 Å². The topological polar surface area (TPSA) is 57.3 Å². The Hall–Kier alpha value is -2.94. The third-order valence-corrected chi connectivity index (χ3v) is 8.13. The van der Waals surface area contributed by atoms with Crippen molar-refractivity contribution in [2.75, 3.05) is 25.5 Å². The first kappa shape index (κ1) is 22.8. The van der Waals surface area contributed by atoms with Gasteiger partial charge in [0.25, 0.3) is 0 Å². The number of rotatable bonds is 6. The first-order valence-corrected chi connectivity index (χ1v) is 12.4. The summed E-state index contributed by atoms with van der Waals surface area (Å²) in [6, 6.07) is 10.7. The molecule has 5 nitrogen and oxygen atoms in total. The zero-order valence-electron chi connectivity index (χ0n) is 20.3. The van der Waals surface area contributed by atoms with Crippen LogP contribution in [0, 0.1) is 11.8 Å². The molecule has 2 atom stereocenters. The SMILES string of the molecule is C=CC1(NCC(C)N(C)CC#Cc2ccc3c(c2)CC2(C3)C(=O)Nc3ncccc32)CCCC1. The Kier molecular flexibility index (Phi) is 6.06. The highest BCUT2D eigenvalue weighted by Gasteiger charge is 2.51. The fourth-order valence-electron chi connectivity index (χ4n) is 5.73. The maximum absolute atomic E-state index is 12.9. The molecule has 1 saturated carbocycles. The summed E-state index contributed by atoms with van der Waals surface area (Å²) >= 11 is 0. The average molecular weight is 455 g/mol. The minimum absolute atomic E-state index is 0.0603. The Morgan fingerprint density at radius 3 is 2.85 bits per heavy atom. The molecule has 5 rings (SSSR count). The number of pyridine rings is 1. The number of likely N-dealkylation sites (N-methyl/N-ethyl adjacent to an activating group) is 1. The van der Waals surface area contributed by atoms with Crippen LogP contribution in [0.1, 0.15) is 54.9 Å². The van der Waals surface area contributed by atoms with Crippen LogP contribution in [0.4, 0.5) is 5.82 Å². The molecule has 1 fully saturated rings. The van der Waals surface area contributed by atoms with Gasteiger partial charge in [0, 0.05) is 35.4 Å². The number of carbonyl (C=O) groups is 1. The van der Waals surface area contributed by atoms with Crippen LogP contribution in [-0.2, 0) is 23.1 Å². The summed E-state index contributed by atoms with van der Waals surface area (Å²) in [5, 5.41) is 6.73. The van der Waals surface area contributed by atoms with Crippen molar-refractivity contribution in [1.82, 2.24) is 15.2 Å². The lowest BCUT2D eigenvalue weighted by Crippen LogP contribution is -2.47. The highest BCUT2D eigenvalue weighted by atomic mass is 16.2. The van der Waals surface area contributed by atoms with Crippen molar-refractivity contribution in [3.63, 3.8) is 0 Å². The monoisotopic (exact) mass is 454 g/mol. The van der Waals surface area contributed by atoms with E-state index in [-0.39, 0.29) is 11.4 Å². The Morgan fingerprint density at radius 2 is 2.06 bits per heavy atom. The van der Waals surface area contributed by atoms with Gasteiger partial charge in [-0.15, -0.1) is 6.58 Å². The molecule has 1 aliphatic heterocycles. The van der Waals surface area contributed by atoms with E-state index in [2.05, 4.69) is 77.2 Å². The van der Waals surface area contributed by atoms with E-state index in [9.17, 15) is 4.79 Å². The molecule has 5 heteroatoms. The van der Waals surface area contributed by atoms with Crippen LogP contribution in [0.5, 0.6) is 0 Å². The summed E-state index contributed by atoms with van der Waals surface area (Å²) in [6.07, 6.45) is 10.2. The van der Waals surface area contributed by atoms with Gasteiger partial charge in [0.2, 0.25) is 5.91 Å². The number of carbonyl (C=O) groups excluding carboxylic acids is 1. The van der Waals surface area contributed by atoms with Crippen LogP contribution in [-0.4, -0.2) is 47.5 Å². The summed E-state index contributed by atoms with van der Waals surface area (Å²) in [5.41, 5.74) is 4.08. The molecular formula is C29H34N4O. The fraction of sp³-hybridized carbons (Fsp3) is 0.448. The molecule has 0 radical (unpaired) electrons. The van der Waals surface area contributed by atoms with Gasteiger partial charge in [-0.25, -0.2) is 4.98 Å². The van der Waals surface area contributed by atoms with E-state index in [0.717, 1.165) is 24.1 Å². The minimum Gasteiger partial charge on any atom is -0.310 e. The molecule has 1 aromatic carbocycles. The molecule has 2 N–H and O–H groups in total. The zero-order chi connectivity index (χ0) is 23.8. The van der Waals surface area contributed by atoms with Crippen LogP contribution >= 0.6 is 0 Å². The first-order chi connectivity index (χ1) is 16.4. The number of aromatic nitrogens is 1. The highest BCUT2D eigenvalue weighted by Crippen LogP contribution is 2.46. The van der Waals surface area contributed by atoms with Gasteiger partial charge < -0.3 is 10.6 Å². The molecule has 1 amide bonds. The van der Waals surface area contributed by atoms with E-state index in [0.29, 0.717) is 24.8 Å². The molecule has 34 heavy (non-hydrogen) atoms. The van der Waals surface area contributed by atoms with E-state index in [1.54, 1.807) is 6.20 Å². The Morgan fingerprint density at radius 1 is 1.26 bits per heavy atom.